The van der Waals surface area contributed by atoms with Gasteiger partial charge < -0.3 is 20.1 Å². The predicted octanol–water partition coefficient (Wildman–Crippen LogP) is 5.20. The lowest BCUT2D eigenvalue weighted by molar-refractivity contribution is -0.137. The van der Waals surface area contributed by atoms with Crippen molar-refractivity contribution in [2.24, 2.45) is 0 Å². The predicted molar refractivity (Wildman–Crippen MR) is 151 cm³/mol. The lowest BCUT2D eigenvalue weighted by atomic mass is 10.0. The van der Waals surface area contributed by atoms with E-state index < -0.39 is 36.0 Å². The Morgan fingerprint density at radius 2 is 1.93 bits per heavy atom. The van der Waals surface area contributed by atoms with Gasteiger partial charge in [0.1, 0.15) is 29.8 Å². The van der Waals surface area contributed by atoms with Crippen LogP contribution >= 0.6 is 0 Å². The first kappa shape index (κ1) is 29.7. The van der Waals surface area contributed by atoms with Crippen LogP contribution in [-0.4, -0.2) is 73.1 Å². The largest absolute Gasteiger partial charge is 0.488 e. The van der Waals surface area contributed by atoms with Gasteiger partial charge in [-0.1, -0.05) is 0 Å². The molecule has 0 bridgehead atoms. The fourth-order valence-electron chi connectivity index (χ4n) is 5.49. The second-order valence-electron chi connectivity index (χ2n) is 11.4. The van der Waals surface area contributed by atoms with Crippen molar-refractivity contribution < 1.29 is 31.8 Å². The summed E-state index contributed by atoms with van der Waals surface area (Å²) in [6, 6.07) is 8.10. The number of carbonyl (C=O) groups excluding carboxylic acids is 1. The number of rotatable bonds is 9. The van der Waals surface area contributed by atoms with Gasteiger partial charge in [0.2, 0.25) is 5.95 Å². The number of H-pyrrole nitrogens is 1. The van der Waals surface area contributed by atoms with Crippen LogP contribution in [0.1, 0.15) is 49.6 Å². The van der Waals surface area contributed by atoms with Crippen LogP contribution in [0.5, 0.6) is 5.75 Å². The van der Waals surface area contributed by atoms with Gasteiger partial charge >= 0.3 is 12.3 Å². The zero-order chi connectivity index (χ0) is 31.0. The molecule has 44 heavy (non-hydrogen) atoms. The summed E-state index contributed by atoms with van der Waals surface area (Å²) in [5.41, 5.74) is 1.36. The number of hydrogen-bond donors (Lipinski definition) is 3. The third kappa shape index (κ3) is 6.56. The van der Waals surface area contributed by atoms with Gasteiger partial charge in [-0.3, -0.25) is 14.4 Å². The van der Waals surface area contributed by atoms with E-state index >= 15 is 4.39 Å². The van der Waals surface area contributed by atoms with Crippen molar-refractivity contribution >= 4 is 23.5 Å². The molecule has 1 aliphatic heterocycles. The lowest BCUT2D eigenvalue weighted by Gasteiger charge is -2.38. The standard InChI is InChI=1S/C29H32F4N8O3/c1-16(2)35-28(42)44-23-8-7-21(26(23)30)22-11-24(39-38-22)37-27-34-10-9-25-36-18(13-41(25)27)12-40-14-20(15-40)43-19-5-3-17(4-6-19)29(31,32)33/h3-6,9-11,13,16,20-21,23,26H,7-8,12,14-15H2,1-2H3,(H,35,42)(H2,34,37,38,39)/t21-,23-,26+/m1/s1. The summed E-state index contributed by atoms with van der Waals surface area (Å²) >= 11 is 0. The molecule has 1 aromatic carbocycles. The number of hydrogen-bond acceptors (Lipinski definition) is 8. The van der Waals surface area contributed by atoms with Crippen LogP contribution in [0.3, 0.4) is 0 Å². The highest BCUT2D eigenvalue weighted by Gasteiger charge is 2.41. The van der Waals surface area contributed by atoms with Crippen LogP contribution < -0.4 is 15.4 Å². The number of likely N-dealkylation sites (tertiary alicyclic amines) is 1. The molecule has 1 amide bonds. The molecule has 6 rings (SSSR count). The number of nitrogens with one attached hydrogen (secondary N) is 3. The summed E-state index contributed by atoms with van der Waals surface area (Å²) in [6.07, 6.45) is -2.91. The van der Waals surface area contributed by atoms with E-state index in [2.05, 4.69) is 35.7 Å². The van der Waals surface area contributed by atoms with E-state index in [1.807, 2.05) is 6.20 Å². The normalized spacial score (nSPS) is 21.0. The van der Waals surface area contributed by atoms with Gasteiger partial charge in [-0.05, 0) is 57.0 Å². The van der Waals surface area contributed by atoms with Crippen molar-refractivity contribution in [2.75, 3.05) is 18.4 Å². The van der Waals surface area contributed by atoms with Gasteiger partial charge in [-0.25, -0.2) is 19.2 Å². The Hall–Kier alpha value is -4.40. The zero-order valence-corrected chi connectivity index (χ0v) is 24.0. The molecular weight excluding hydrogens is 584 g/mol. The Morgan fingerprint density at radius 3 is 2.66 bits per heavy atom. The number of alkyl carbamates (subject to hydrolysis) is 1. The number of anilines is 2. The fourth-order valence-corrected chi connectivity index (χ4v) is 5.49. The quantitative estimate of drug-likeness (QED) is 0.220. The molecule has 4 aromatic rings. The van der Waals surface area contributed by atoms with Crippen molar-refractivity contribution in [3.05, 3.63) is 65.7 Å². The molecule has 2 fully saturated rings. The third-order valence-electron chi connectivity index (χ3n) is 7.63. The highest BCUT2D eigenvalue weighted by atomic mass is 19.4. The molecule has 0 radical (unpaired) electrons. The number of halogens is 4. The van der Waals surface area contributed by atoms with Gasteiger partial charge in [-0.15, -0.1) is 0 Å². The van der Waals surface area contributed by atoms with E-state index in [4.69, 9.17) is 9.47 Å². The number of aromatic amines is 1. The first-order valence-electron chi connectivity index (χ1n) is 14.3. The number of benzene rings is 1. The Kier molecular flexibility index (Phi) is 8.05. The van der Waals surface area contributed by atoms with Crippen LogP contribution in [0.25, 0.3) is 5.65 Å². The topological polar surface area (TPSA) is 122 Å². The third-order valence-corrected chi connectivity index (χ3v) is 7.63. The number of imidazole rings is 1. The minimum absolute atomic E-state index is 0.102. The fraction of sp³-hybridized carbons (Fsp3) is 0.448. The lowest BCUT2D eigenvalue weighted by Crippen LogP contribution is -2.53. The van der Waals surface area contributed by atoms with Crippen molar-refractivity contribution in [2.45, 2.75) is 69.7 Å². The van der Waals surface area contributed by atoms with Crippen molar-refractivity contribution in [3.8, 4) is 5.75 Å². The molecule has 3 atom stereocenters. The number of nitrogens with zero attached hydrogens (tertiary/aromatic N) is 5. The number of ether oxygens (including phenoxy) is 2. The number of aromatic nitrogens is 5. The Bertz CT molecular complexity index is 1600. The van der Waals surface area contributed by atoms with E-state index in [0.717, 1.165) is 17.8 Å². The van der Waals surface area contributed by atoms with E-state index in [1.54, 1.807) is 36.6 Å². The Morgan fingerprint density at radius 1 is 1.16 bits per heavy atom. The molecular formula is C29H32F4N8O3. The van der Waals surface area contributed by atoms with Gasteiger partial charge in [0, 0.05) is 55.7 Å². The molecule has 3 aromatic heterocycles. The van der Waals surface area contributed by atoms with E-state index in [0.29, 0.717) is 61.3 Å². The number of carbonyl (C=O) groups is 1. The minimum atomic E-state index is -4.38. The second-order valence-corrected chi connectivity index (χ2v) is 11.4. The van der Waals surface area contributed by atoms with Gasteiger partial charge in [0.25, 0.3) is 0 Å². The monoisotopic (exact) mass is 616 g/mol. The maximum Gasteiger partial charge on any atom is 0.416 e. The molecule has 15 heteroatoms. The van der Waals surface area contributed by atoms with Crippen LogP contribution in [-0.2, 0) is 17.5 Å². The molecule has 2 aliphatic rings. The Labute approximate surface area is 250 Å². The summed E-state index contributed by atoms with van der Waals surface area (Å²) in [6.45, 7) is 5.39. The van der Waals surface area contributed by atoms with Crippen molar-refractivity contribution in [3.63, 3.8) is 0 Å². The van der Waals surface area contributed by atoms with E-state index in [-0.39, 0.29) is 12.1 Å². The van der Waals surface area contributed by atoms with Gasteiger partial charge in [0.05, 0.1) is 11.3 Å². The van der Waals surface area contributed by atoms with Crippen LogP contribution in [0, 0.1) is 0 Å². The SMILES string of the molecule is CC(C)NC(=O)O[C@@H]1CC[C@H](c2cc(Nc3nccc4nc(CN5CC(Oc6ccc(C(F)(F)F)cc6)C5)cn34)n[nH]2)[C@@H]1F. The highest BCUT2D eigenvalue weighted by Crippen LogP contribution is 2.38. The average molecular weight is 617 g/mol. The first-order chi connectivity index (χ1) is 21.0. The van der Waals surface area contributed by atoms with E-state index in [1.165, 1.54) is 12.1 Å². The molecule has 1 saturated carbocycles. The summed E-state index contributed by atoms with van der Waals surface area (Å²) < 4.78 is 66.4. The molecule has 0 spiro atoms. The second kappa shape index (κ2) is 11.9. The first-order valence-corrected chi connectivity index (χ1v) is 14.3. The average Bonchev–Trinajstić information content (AvgIpc) is 3.66. The molecule has 234 valence electrons. The maximum absolute atomic E-state index is 15.2. The summed E-state index contributed by atoms with van der Waals surface area (Å²) in [5.74, 6) is 0.842. The molecule has 1 saturated heterocycles. The summed E-state index contributed by atoms with van der Waals surface area (Å²) in [7, 11) is 0. The Balaban J connectivity index is 1.03. The van der Waals surface area contributed by atoms with Crippen LogP contribution in [0.4, 0.5) is 34.1 Å². The highest BCUT2D eigenvalue weighted by molar-refractivity contribution is 5.67. The van der Waals surface area contributed by atoms with Crippen molar-refractivity contribution in [1.29, 1.82) is 0 Å². The van der Waals surface area contributed by atoms with Gasteiger partial charge in [0.15, 0.2) is 5.82 Å². The molecule has 4 heterocycles. The zero-order valence-electron chi connectivity index (χ0n) is 24.0. The number of alkyl halides is 4. The minimum Gasteiger partial charge on any atom is -0.488 e. The maximum atomic E-state index is 15.2. The van der Waals surface area contributed by atoms with E-state index in [9.17, 15) is 18.0 Å². The van der Waals surface area contributed by atoms with Crippen LogP contribution in [0.15, 0.2) is 48.8 Å². The molecule has 1 aliphatic carbocycles. The van der Waals surface area contributed by atoms with Crippen molar-refractivity contribution in [1.82, 2.24) is 34.8 Å². The summed E-state index contributed by atoms with van der Waals surface area (Å²) in [5, 5.41) is 13.0. The molecule has 3 N–H and O–H groups in total. The smallest absolute Gasteiger partial charge is 0.416 e. The number of amides is 1. The molecule has 11 nitrogen and oxygen atoms in total. The number of fused-ring (bicyclic) bond motifs is 1. The molecule has 0 unspecified atom stereocenters. The van der Waals surface area contributed by atoms with Crippen LogP contribution in [0.2, 0.25) is 0 Å². The van der Waals surface area contributed by atoms with Gasteiger partial charge in [-0.2, -0.15) is 18.3 Å². The summed E-state index contributed by atoms with van der Waals surface area (Å²) in [4.78, 5) is 23.1.